The molecule has 0 radical (unpaired) electrons. The van der Waals surface area contributed by atoms with Crippen molar-refractivity contribution in [2.45, 2.75) is 12.8 Å². The average Bonchev–Trinajstić information content (AvgIpc) is 3.11. The predicted octanol–water partition coefficient (Wildman–Crippen LogP) is 4.62. The summed E-state index contributed by atoms with van der Waals surface area (Å²) in [5, 5.41) is 12.4. The fraction of sp³-hybridized carbons (Fsp3) is 0.154. The third kappa shape index (κ3) is 5.12. The number of carbonyl (C=O) groups is 2. The molecule has 0 atom stereocenters. The molecule has 4 rings (SSSR count). The summed E-state index contributed by atoms with van der Waals surface area (Å²) in [6.45, 7) is 0. The summed E-state index contributed by atoms with van der Waals surface area (Å²) < 4.78 is 18.5. The third-order valence-corrected chi connectivity index (χ3v) is 5.49. The van der Waals surface area contributed by atoms with Gasteiger partial charge in [-0.1, -0.05) is 12.1 Å². The Balaban J connectivity index is 1.35. The molecule has 176 valence electrons. The fourth-order valence-electron chi connectivity index (χ4n) is 3.77. The molecule has 0 bridgehead atoms. The van der Waals surface area contributed by atoms with Gasteiger partial charge < -0.3 is 19.9 Å². The molecule has 0 fully saturated rings. The smallest absolute Gasteiger partial charge is 0.224 e. The first kappa shape index (κ1) is 23.4. The van der Waals surface area contributed by atoms with E-state index in [0.29, 0.717) is 17.3 Å². The number of nitrogens with zero attached hydrogens (tertiary/aromatic N) is 4. The Labute approximate surface area is 201 Å². The SMILES string of the molecule is CN1C(=C(C#N)C(=O)CCC(=O)Nc2ccc(Oc3ccc(F)cc3)nc2)N(C)c2ccccc21. The third-order valence-electron chi connectivity index (χ3n) is 5.49. The number of aromatic nitrogens is 1. The van der Waals surface area contributed by atoms with Gasteiger partial charge in [-0.15, -0.1) is 0 Å². The Bertz CT molecular complexity index is 1300. The number of hydrogen-bond acceptors (Lipinski definition) is 7. The van der Waals surface area contributed by atoms with Crippen LogP contribution in [-0.4, -0.2) is 30.8 Å². The number of Topliss-reactive ketones (excluding diaryl/α,β-unsaturated/α-hetero) is 1. The lowest BCUT2D eigenvalue weighted by Crippen LogP contribution is -2.26. The number of nitrogens with one attached hydrogen (secondary N) is 1. The van der Waals surface area contributed by atoms with Crippen molar-refractivity contribution >= 4 is 28.8 Å². The number of nitriles is 1. The highest BCUT2D eigenvalue weighted by Crippen LogP contribution is 2.40. The van der Waals surface area contributed by atoms with Gasteiger partial charge in [-0.25, -0.2) is 9.37 Å². The highest BCUT2D eigenvalue weighted by Gasteiger charge is 2.31. The number of ether oxygens (including phenoxy) is 1. The van der Waals surface area contributed by atoms with E-state index in [0.717, 1.165) is 11.4 Å². The van der Waals surface area contributed by atoms with Gasteiger partial charge in [0.05, 0.1) is 23.3 Å². The van der Waals surface area contributed by atoms with Crippen LogP contribution >= 0.6 is 0 Å². The summed E-state index contributed by atoms with van der Waals surface area (Å²) in [5.41, 5.74) is 2.21. The van der Waals surface area contributed by atoms with Crippen LogP contribution in [0.15, 0.2) is 78.3 Å². The summed E-state index contributed by atoms with van der Waals surface area (Å²) in [6, 6.07) is 18.3. The van der Waals surface area contributed by atoms with Crippen LogP contribution in [0.4, 0.5) is 21.5 Å². The molecule has 1 aromatic heterocycles. The number of carbonyl (C=O) groups excluding carboxylic acids is 2. The number of benzene rings is 2. The minimum Gasteiger partial charge on any atom is -0.439 e. The Morgan fingerprint density at radius 3 is 2.23 bits per heavy atom. The maximum Gasteiger partial charge on any atom is 0.224 e. The normalized spacial score (nSPS) is 12.1. The van der Waals surface area contributed by atoms with Crippen LogP contribution in [0.25, 0.3) is 0 Å². The topological polar surface area (TPSA) is 98.6 Å². The fourth-order valence-corrected chi connectivity index (χ4v) is 3.77. The zero-order valence-electron chi connectivity index (χ0n) is 19.2. The molecule has 9 heteroatoms. The summed E-state index contributed by atoms with van der Waals surface area (Å²) in [5.74, 6) is 0.0305. The Morgan fingerprint density at radius 1 is 1.00 bits per heavy atom. The predicted molar refractivity (Wildman–Crippen MR) is 129 cm³/mol. The van der Waals surface area contributed by atoms with Crippen LogP contribution in [0, 0.1) is 17.1 Å². The second-order valence-corrected chi connectivity index (χ2v) is 7.83. The number of allylic oxidation sites excluding steroid dienone is 1. The number of amides is 1. The number of rotatable bonds is 7. The quantitative estimate of drug-likeness (QED) is 0.396. The molecule has 35 heavy (non-hydrogen) atoms. The lowest BCUT2D eigenvalue weighted by atomic mass is 10.1. The van der Waals surface area contributed by atoms with Gasteiger partial charge in [0, 0.05) is 33.0 Å². The summed E-state index contributed by atoms with van der Waals surface area (Å²) in [4.78, 5) is 32.9. The molecule has 2 heterocycles. The van der Waals surface area contributed by atoms with Gasteiger partial charge in [-0.05, 0) is 42.5 Å². The molecular weight excluding hydrogens is 449 g/mol. The number of anilines is 3. The van der Waals surface area contributed by atoms with Crippen LogP contribution in [0.5, 0.6) is 11.6 Å². The van der Waals surface area contributed by atoms with Gasteiger partial charge in [-0.3, -0.25) is 9.59 Å². The number of ketones is 1. The van der Waals surface area contributed by atoms with E-state index < -0.39 is 5.78 Å². The number of para-hydroxylation sites is 2. The molecule has 2 aromatic carbocycles. The van der Waals surface area contributed by atoms with Crippen LogP contribution in [-0.2, 0) is 9.59 Å². The van der Waals surface area contributed by atoms with Crippen molar-refractivity contribution in [3.05, 3.63) is 84.1 Å². The van der Waals surface area contributed by atoms with Crippen molar-refractivity contribution in [2.75, 3.05) is 29.2 Å². The van der Waals surface area contributed by atoms with Crippen LogP contribution < -0.4 is 19.9 Å². The van der Waals surface area contributed by atoms with E-state index in [1.54, 1.807) is 36.0 Å². The van der Waals surface area contributed by atoms with E-state index in [2.05, 4.69) is 10.3 Å². The molecule has 1 amide bonds. The van der Waals surface area contributed by atoms with Gasteiger partial charge in [0.15, 0.2) is 5.78 Å². The van der Waals surface area contributed by atoms with Crippen molar-refractivity contribution in [1.29, 1.82) is 5.26 Å². The first-order valence-corrected chi connectivity index (χ1v) is 10.8. The van der Waals surface area contributed by atoms with Gasteiger partial charge in [0.25, 0.3) is 0 Å². The average molecular weight is 471 g/mol. The minimum absolute atomic E-state index is 0.00274. The maximum atomic E-state index is 13.0. The van der Waals surface area contributed by atoms with Gasteiger partial charge in [-0.2, -0.15) is 5.26 Å². The molecule has 1 aliphatic rings. The Kier molecular flexibility index (Phi) is 6.73. The van der Waals surface area contributed by atoms with E-state index >= 15 is 0 Å². The summed E-state index contributed by atoms with van der Waals surface area (Å²) in [7, 11) is 3.59. The molecule has 0 spiro atoms. The minimum atomic E-state index is -0.412. The molecule has 0 saturated heterocycles. The van der Waals surface area contributed by atoms with Gasteiger partial charge in [0.2, 0.25) is 11.8 Å². The van der Waals surface area contributed by atoms with E-state index in [-0.39, 0.29) is 36.0 Å². The first-order valence-electron chi connectivity index (χ1n) is 10.8. The number of fused-ring (bicyclic) bond motifs is 1. The molecule has 3 aromatic rings. The number of hydrogen-bond donors (Lipinski definition) is 1. The van der Waals surface area contributed by atoms with E-state index in [9.17, 15) is 19.2 Å². The molecule has 1 N–H and O–H groups in total. The molecule has 0 unspecified atom stereocenters. The summed E-state index contributed by atoms with van der Waals surface area (Å²) >= 11 is 0. The van der Waals surface area contributed by atoms with Crippen LogP contribution in [0.2, 0.25) is 0 Å². The zero-order chi connectivity index (χ0) is 24.9. The Hall–Kier alpha value is -4.71. The second-order valence-electron chi connectivity index (χ2n) is 7.83. The molecule has 0 saturated carbocycles. The lowest BCUT2D eigenvalue weighted by molar-refractivity contribution is -0.120. The van der Waals surface area contributed by atoms with Crippen LogP contribution in [0.1, 0.15) is 12.8 Å². The van der Waals surface area contributed by atoms with Crippen molar-refractivity contribution in [3.63, 3.8) is 0 Å². The molecular formula is C26H22FN5O3. The maximum absolute atomic E-state index is 13.0. The first-order chi connectivity index (χ1) is 16.9. The summed E-state index contributed by atoms with van der Waals surface area (Å²) in [6.07, 6.45) is 1.21. The second kappa shape index (κ2) is 10.1. The Morgan fingerprint density at radius 2 is 1.66 bits per heavy atom. The van der Waals surface area contributed by atoms with Gasteiger partial charge >= 0.3 is 0 Å². The van der Waals surface area contributed by atoms with E-state index in [4.69, 9.17) is 4.74 Å². The van der Waals surface area contributed by atoms with E-state index in [1.165, 1.54) is 30.5 Å². The highest BCUT2D eigenvalue weighted by molar-refractivity contribution is 6.04. The molecule has 8 nitrogen and oxygen atoms in total. The zero-order valence-corrected chi connectivity index (χ0v) is 19.2. The van der Waals surface area contributed by atoms with Crippen LogP contribution in [0.3, 0.4) is 0 Å². The van der Waals surface area contributed by atoms with Crippen molar-refractivity contribution in [2.24, 2.45) is 0 Å². The number of halogens is 1. The van der Waals surface area contributed by atoms with E-state index in [1.807, 2.05) is 30.3 Å². The largest absolute Gasteiger partial charge is 0.439 e. The number of pyridine rings is 1. The lowest BCUT2D eigenvalue weighted by Gasteiger charge is -2.19. The highest BCUT2D eigenvalue weighted by atomic mass is 19.1. The molecule has 1 aliphatic heterocycles. The van der Waals surface area contributed by atoms with Gasteiger partial charge in [0.1, 0.15) is 29.0 Å². The van der Waals surface area contributed by atoms with Crippen molar-refractivity contribution in [3.8, 4) is 17.7 Å². The van der Waals surface area contributed by atoms with Crippen molar-refractivity contribution in [1.82, 2.24) is 4.98 Å². The molecule has 0 aliphatic carbocycles. The standard InChI is InChI=1S/C26H22FN5O3/c1-31-21-5-3-4-6-22(21)32(2)26(31)20(15-28)23(33)12-13-24(34)30-18-9-14-25(29-16-18)35-19-10-7-17(27)8-11-19/h3-11,14,16H,12-13H2,1-2H3,(H,30,34). The van der Waals surface area contributed by atoms with Crippen molar-refractivity contribution < 1.29 is 18.7 Å². The monoisotopic (exact) mass is 471 g/mol.